The van der Waals surface area contributed by atoms with Crippen LogP contribution in [0.15, 0.2) is 42.5 Å². The Kier molecular flexibility index (Phi) is 3.83. The van der Waals surface area contributed by atoms with Crippen LogP contribution < -0.4 is 4.90 Å². The zero-order valence-corrected chi connectivity index (χ0v) is 12.1. The van der Waals surface area contributed by atoms with Crippen molar-refractivity contribution in [1.29, 1.82) is 0 Å². The van der Waals surface area contributed by atoms with E-state index in [1.165, 1.54) is 24.1 Å². The molecule has 1 heterocycles. The fourth-order valence-electron chi connectivity index (χ4n) is 2.80. The predicted octanol–water partition coefficient (Wildman–Crippen LogP) is 4.39. The van der Waals surface area contributed by atoms with Crippen molar-refractivity contribution in [2.45, 2.75) is 25.8 Å². The van der Waals surface area contributed by atoms with Gasteiger partial charge in [0.2, 0.25) is 0 Å². The first-order valence-corrected chi connectivity index (χ1v) is 7.42. The van der Waals surface area contributed by atoms with Crippen LogP contribution in [-0.4, -0.2) is 11.7 Å². The number of aryl methyl sites for hydroxylation is 1. The molecule has 2 aromatic rings. The Bertz CT molecular complexity index is 612. The molecule has 1 aliphatic rings. The zero-order chi connectivity index (χ0) is 13.9. The lowest BCUT2D eigenvalue weighted by Crippen LogP contribution is -2.23. The molecular formula is C17H18ClNO. The molecule has 1 N–H and O–H groups in total. The molecule has 0 amide bonds. The minimum Gasteiger partial charge on any atom is -0.506 e. The third-order valence-corrected chi connectivity index (χ3v) is 4.14. The molecule has 3 heteroatoms. The summed E-state index contributed by atoms with van der Waals surface area (Å²) in [5.74, 6) is 0.145. The maximum Gasteiger partial charge on any atom is 0.134 e. The van der Waals surface area contributed by atoms with Gasteiger partial charge < -0.3 is 10.0 Å². The molecule has 20 heavy (non-hydrogen) atoms. The molecule has 0 saturated carbocycles. The van der Waals surface area contributed by atoms with Crippen molar-refractivity contribution in [2.75, 3.05) is 11.4 Å². The van der Waals surface area contributed by atoms with Gasteiger partial charge in [0.05, 0.1) is 5.02 Å². The highest BCUT2D eigenvalue weighted by atomic mass is 35.5. The smallest absolute Gasteiger partial charge is 0.134 e. The Hall–Kier alpha value is -1.67. The lowest BCUT2D eigenvalue weighted by atomic mass is 10.1. The van der Waals surface area contributed by atoms with E-state index in [0.29, 0.717) is 5.02 Å². The van der Waals surface area contributed by atoms with E-state index in [0.717, 1.165) is 25.1 Å². The summed E-state index contributed by atoms with van der Waals surface area (Å²) in [6.45, 7) is 1.90. The van der Waals surface area contributed by atoms with Gasteiger partial charge in [-0.15, -0.1) is 0 Å². The van der Waals surface area contributed by atoms with Crippen LogP contribution in [0.3, 0.4) is 0 Å². The highest BCUT2D eigenvalue weighted by Gasteiger charge is 2.15. The van der Waals surface area contributed by atoms with Gasteiger partial charge in [0.1, 0.15) is 5.75 Å². The van der Waals surface area contributed by atoms with Crippen molar-refractivity contribution >= 4 is 17.3 Å². The maximum atomic E-state index is 9.51. The van der Waals surface area contributed by atoms with Gasteiger partial charge in [0, 0.05) is 18.8 Å². The summed E-state index contributed by atoms with van der Waals surface area (Å²) in [5, 5.41) is 9.93. The van der Waals surface area contributed by atoms with E-state index in [-0.39, 0.29) is 5.75 Å². The summed E-state index contributed by atoms with van der Waals surface area (Å²) in [6.07, 6.45) is 3.60. The summed E-state index contributed by atoms with van der Waals surface area (Å²) in [5.41, 5.74) is 3.88. The van der Waals surface area contributed by atoms with Crippen molar-refractivity contribution in [2.24, 2.45) is 0 Å². The van der Waals surface area contributed by atoms with E-state index in [9.17, 15) is 5.11 Å². The average Bonchev–Trinajstić information content (AvgIpc) is 2.66. The molecule has 0 fully saturated rings. The fraction of sp³-hybridized carbons (Fsp3) is 0.294. The Labute approximate surface area is 124 Å². The SMILES string of the molecule is Oc1ccc(CN2CCCCc3ccccc32)cc1Cl. The molecule has 2 nitrogen and oxygen atoms in total. The molecular weight excluding hydrogens is 270 g/mol. The number of anilines is 1. The van der Waals surface area contributed by atoms with Crippen molar-refractivity contribution in [1.82, 2.24) is 0 Å². The molecule has 104 valence electrons. The normalized spacial score (nSPS) is 14.8. The average molecular weight is 288 g/mol. The third kappa shape index (κ3) is 2.75. The zero-order valence-electron chi connectivity index (χ0n) is 11.3. The van der Waals surface area contributed by atoms with E-state index < -0.39 is 0 Å². The van der Waals surface area contributed by atoms with Gasteiger partial charge in [-0.05, 0) is 48.6 Å². The van der Waals surface area contributed by atoms with Crippen LogP contribution in [0.1, 0.15) is 24.0 Å². The number of hydrogen-bond donors (Lipinski definition) is 1. The number of halogens is 1. The Balaban J connectivity index is 1.88. The molecule has 0 unspecified atom stereocenters. The molecule has 3 rings (SSSR count). The molecule has 0 aliphatic carbocycles. The quantitative estimate of drug-likeness (QED) is 0.885. The van der Waals surface area contributed by atoms with E-state index in [4.69, 9.17) is 11.6 Å². The monoisotopic (exact) mass is 287 g/mol. The van der Waals surface area contributed by atoms with Gasteiger partial charge in [0.25, 0.3) is 0 Å². The van der Waals surface area contributed by atoms with Crippen LogP contribution in [0.5, 0.6) is 5.75 Å². The maximum absolute atomic E-state index is 9.51. The molecule has 2 aromatic carbocycles. The van der Waals surface area contributed by atoms with Gasteiger partial charge in [-0.3, -0.25) is 0 Å². The number of aromatic hydroxyl groups is 1. The van der Waals surface area contributed by atoms with Gasteiger partial charge >= 0.3 is 0 Å². The van der Waals surface area contributed by atoms with E-state index >= 15 is 0 Å². The first-order chi connectivity index (χ1) is 9.74. The van der Waals surface area contributed by atoms with E-state index in [2.05, 4.69) is 29.2 Å². The van der Waals surface area contributed by atoms with Crippen molar-refractivity contribution < 1.29 is 5.11 Å². The van der Waals surface area contributed by atoms with E-state index in [1.54, 1.807) is 6.07 Å². The van der Waals surface area contributed by atoms with Crippen molar-refractivity contribution in [3.63, 3.8) is 0 Å². The van der Waals surface area contributed by atoms with Crippen LogP contribution in [-0.2, 0) is 13.0 Å². The molecule has 0 atom stereocenters. The van der Waals surface area contributed by atoms with Gasteiger partial charge in [-0.2, -0.15) is 0 Å². The van der Waals surface area contributed by atoms with Crippen LogP contribution in [0.2, 0.25) is 5.02 Å². The molecule has 0 saturated heterocycles. The summed E-state index contributed by atoms with van der Waals surface area (Å²) < 4.78 is 0. The molecule has 0 aromatic heterocycles. The highest BCUT2D eigenvalue weighted by molar-refractivity contribution is 6.32. The number of phenols is 1. The summed E-state index contributed by atoms with van der Waals surface area (Å²) in [4.78, 5) is 2.41. The number of fused-ring (bicyclic) bond motifs is 1. The van der Waals surface area contributed by atoms with Crippen LogP contribution in [0.25, 0.3) is 0 Å². The fourth-order valence-corrected chi connectivity index (χ4v) is 3.01. The predicted molar refractivity (Wildman–Crippen MR) is 83.5 cm³/mol. The van der Waals surface area contributed by atoms with Crippen LogP contribution >= 0.6 is 11.6 Å². The number of benzene rings is 2. The second kappa shape index (κ2) is 5.76. The number of para-hydroxylation sites is 1. The Morgan fingerprint density at radius 2 is 1.95 bits per heavy atom. The topological polar surface area (TPSA) is 23.5 Å². The lowest BCUT2D eigenvalue weighted by molar-refractivity contribution is 0.475. The first kappa shape index (κ1) is 13.3. The Morgan fingerprint density at radius 3 is 2.80 bits per heavy atom. The third-order valence-electron chi connectivity index (χ3n) is 3.84. The van der Waals surface area contributed by atoms with Gasteiger partial charge in [-0.25, -0.2) is 0 Å². The second-order valence-corrected chi connectivity index (χ2v) is 5.70. The van der Waals surface area contributed by atoms with Crippen molar-refractivity contribution in [3.05, 3.63) is 58.6 Å². The summed E-state index contributed by atoms with van der Waals surface area (Å²) in [6, 6.07) is 14.1. The van der Waals surface area contributed by atoms with Crippen LogP contribution in [0.4, 0.5) is 5.69 Å². The summed E-state index contributed by atoms with van der Waals surface area (Å²) in [7, 11) is 0. The number of rotatable bonds is 2. The number of phenolic OH excluding ortho intramolecular Hbond substituents is 1. The van der Waals surface area contributed by atoms with E-state index in [1.807, 2.05) is 12.1 Å². The molecule has 0 bridgehead atoms. The minimum atomic E-state index is 0.145. The molecule has 0 spiro atoms. The lowest BCUT2D eigenvalue weighted by Gasteiger charge is -2.25. The highest BCUT2D eigenvalue weighted by Crippen LogP contribution is 2.29. The standard InChI is InChI=1S/C17H18ClNO/c18-15-11-13(8-9-17(15)20)12-19-10-4-3-6-14-5-1-2-7-16(14)19/h1-2,5,7-9,11,20H,3-4,6,10,12H2. The largest absolute Gasteiger partial charge is 0.506 e. The van der Waals surface area contributed by atoms with Crippen LogP contribution in [0, 0.1) is 0 Å². The van der Waals surface area contributed by atoms with Crippen molar-refractivity contribution in [3.8, 4) is 5.75 Å². The minimum absolute atomic E-state index is 0.145. The Morgan fingerprint density at radius 1 is 1.10 bits per heavy atom. The first-order valence-electron chi connectivity index (χ1n) is 7.04. The number of hydrogen-bond acceptors (Lipinski definition) is 2. The number of nitrogens with zero attached hydrogens (tertiary/aromatic N) is 1. The second-order valence-electron chi connectivity index (χ2n) is 5.29. The summed E-state index contributed by atoms with van der Waals surface area (Å²) >= 11 is 6.00. The van der Waals surface area contributed by atoms with Gasteiger partial charge in [0.15, 0.2) is 0 Å². The van der Waals surface area contributed by atoms with Gasteiger partial charge in [-0.1, -0.05) is 35.9 Å². The molecule has 1 aliphatic heterocycles. The molecule has 0 radical (unpaired) electrons.